The summed E-state index contributed by atoms with van der Waals surface area (Å²) in [6.07, 6.45) is 5.23. The molecular formula is C14H16BrN3. The molecule has 4 heteroatoms. The molecule has 1 heterocycles. The van der Waals surface area contributed by atoms with Crippen LogP contribution in [0.15, 0.2) is 41.3 Å². The smallest absolute Gasteiger partial charge is 0.0801 e. The fraction of sp³-hybridized carbons (Fsp3) is 0.286. The van der Waals surface area contributed by atoms with Crippen LogP contribution in [0.25, 0.3) is 0 Å². The minimum atomic E-state index is 0.0676. The van der Waals surface area contributed by atoms with E-state index in [-0.39, 0.29) is 6.04 Å². The number of halogens is 1. The van der Waals surface area contributed by atoms with Crippen molar-refractivity contribution in [2.75, 3.05) is 6.54 Å². The molecule has 0 aliphatic heterocycles. The number of nitrogens with zero attached hydrogens (tertiary/aromatic N) is 2. The van der Waals surface area contributed by atoms with Gasteiger partial charge in [-0.2, -0.15) is 0 Å². The molecule has 0 amide bonds. The Labute approximate surface area is 116 Å². The number of benzene rings is 1. The number of hydrogen-bond acceptors (Lipinski definition) is 3. The molecule has 1 aromatic heterocycles. The third-order valence-corrected chi connectivity index (χ3v) is 3.90. The number of aryl methyl sites for hydroxylation is 1. The maximum atomic E-state index is 4.40. The van der Waals surface area contributed by atoms with Crippen LogP contribution < -0.4 is 5.32 Å². The highest BCUT2D eigenvalue weighted by atomic mass is 79.9. The Morgan fingerprint density at radius 3 is 2.83 bits per heavy atom. The van der Waals surface area contributed by atoms with E-state index in [9.17, 15) is 0 Å². The van der Waals surface area contributed by atoms with Gasteiger partial charge in [0, 0.05) is 16.9 Å². The van der Waals surface area contributed by atoms with Crippen LogP contribution in [0.2, 0.25) is 0 Å². The van der Waals surface area contributed by atoms with Gasteiger partial charge in [-0.05, 0) is 24.6 Å². The van der Waals surface area contributed by atoms with E-state index in [0.29, 0.717) is 0 Å². The van der Waals surface area contributed by atoms with E-state index in [1.165, 1.54) is 11.1 Å². The Kier molecular flexibility index (Phi) is 4.44. The minimum Gasteiger partial charge on any atom is -0.305 e. The molecule has 0 aliphatic carbocycles. The Hall–Kier alpha value is -1.26. The Bertz CT molecular complexity index is 514. The van der Waals surface area contributed by atoms with Crippen molar-refractivity contribution in [3.05, 3.63) is 58.1 Å². The van der Waals surface area contributed by atoms with Crippen LogP contribution in [0, 0.1) is 6.92 Å². The highest BCUT2D eigenvalue weighted by Gasteiger charge is 2.17. The van der Waals surface area contributed by atoms with E-state index < -0.39 is 0 Å². The summed E-state index contributed by atoms with van der Waals surface area (Å²) >= 11 is 3.66. The fourth-order valence-corrected chi connectivity index (χ4v) is 2.42. The van der Waals surface area contributed by atoms with Crippen molar-refractivity contribution in [3.63, 3.8) is 0 Å². The summed E-state index contributed by atoms with van der Waals surface area (Å²) in [5, 5.41) is 3.45. The van der Waals surface area contributed by atoms with Gasteiger partial charge in [0.1, 0.15) is 0 Å². The van der Waals surface area contributed by atoms with Crippen molar-refractivity contribution in [1.29, 1.82) is 0 Å². The van der Waals surface area contributed by atoms with E-state index in [0.717, 1.165) is 16.7 Å². The van der Waals surface area contributed by atoms with Crippen molar-refractivity contribution in [1.82, 2.24) is 15.3 Å². The van der Waals surface area contributed by atoms with Gasteiger partial charge in [0.2, 0.25) is 0 Å². The predicted octanol–water partition coefficient (Wildman–Crippen LogP) is 3.25. The molecule has 0 spiro atoms. The van der Waals surface area contributed by atoms with Gasteiger partial charge in [0.05, 0.1) is 17.9 Å². The minimum absolute atomic E-state index is 0.0676. The zero-order valence-electron chi connectivity index (χ0n) is 10.5. The summed E-state index contributed by atoms with van der Waals surface area (Å²) < 4.78 is 1.13. The van der Waals surface area contributed by atoms with Crippen molar-refractivity contribution in [3.8, 4) is 0 Å². The summed E-state index contributed by atoms with van der Waals surface area (Å²) in [6.45, 7) is 5.06. The van der Waals surface area contributed by atoms with E-state index in [1.54, 1.807) is 12.4 Å². The zero-order valence-corrected chi connectivity index (χ0v) is 12.1. The molecule has 0 saturated heterocycles. The number of hydrogen-bond donors (Lipinski definition) is 1. The molecule has 1 aromatic carbocycles. The Balaban J connectivity index is 2.45. The van der Waals surface area contributed by atoms with Gasteiger partial charge >= 0.3 is 0 Å². The molecule has 3 nitrogen and oxygen atoms in total. The van der Waals surface area contributed by atoms with Crippen molar-refractivity contribution < 1.29 is 0 Å². The predicted molar refractivity (Wildman–Crippen MR) is 76.4 cm³/mol. The molecule has 1 unspecified atom stereocenters. The summed E-state index contributed by atoms with van der Waals surface area (Å²) in [6, 6.07) is 6.33. The lowest BCUT2D eigenvalue weighted by Gasteiger charge is -2.19. The standard InChI is InChI=1S/C14H16BrN3/c1-3-17-14(12-9-16-7-8-18-12)11-6-4-5-10(2)13(11)15/h4-9,14,17H,3H2,1-2H3. The summed E-state index contributed by atoms with van der Waals surface area (Å²) in [5.74, 6) is 0. The fourth-order valence-electron chi connectivity index (χ4n) is 1.93. The molecule has 94 valence electrons. The lowest BCUT2D eigenvalue weighted by Crippen LogP contribution is -2.23. The Morgan fingerprint density at radius 1 is 1.33 bits per heavy atom. The van der Waals surface area contributed by atoms with Crippen molar-refractivity contribution >= 4 is 15.9 Å². The van der Waals surface area contributed by atoms with Gasteiger partial charge in [0.15, 0.2) is 0 Å². The SMILES string of the molecule is CCNC(c1cnccn1)c1cccc(C)c1Br. The van der Waals surface area contributed by atoms with Crippen LogP contribution in [0.1, 0.15) is 29.8 Å². The van der Waals surface area contributed by atoms with Crippen LogP contribution in [0.4, 0.5) is 0 Å². The van der Waals surface area contributed by atoms with Gasteiger partial charge in [-0.1, -0.05) is 41.1 Å². The highest BCUT2D eigenvalue weighted by molar-refractivity contribution is 9.10. The molecule has 2 rings (SSSR count). The molecular weight excluding hydrogens is 290 g/mol. The topological polar surface area (TPSA) is 37.8 Å². The van der Waals surface area contributed by atoms with Crippen LogP contribution >= 0.6 is 15.9 Å². The molecule has 0 bridgehead atoms. The quantitative estimate of drug-likeness (QED) is 0.942. The van der Waals surface area contributed by atoms with Gasteiger partial charge < -0.3 is 5.32 Å². The molecule has 18 heavy (non-hydrogen) atoms. The summed E-state index contributed by atoms with van der Waals surface area (Å²) in [4.78, 5) is 8.55. The normalized spacial score (nSPS) is 12.4. The van der Waals surface area contributed by atoms with Crippen LogP contribution in [0.3, 0.4) is 0 Å². The average Bonchev–Trinajstić information content (AvgIpc) is 2.41. The molecule has 2 aromatic rings. The lowest BCUT2D eigenvalue weighted by atomic mass is 10.0. The first kappa shape index (κ1) is 13.2. The van der Waals surface area contributed by atoms with E-state index in [1.807, 2.05) is 6.20 Å². The Morgan fingerprint density at radius 2 is 2.17 bits per heavy atom. The average molecular weight is 306 g/mol. The second-order valence-electron chi connectivity index (χ2n) is 4.10. The van der Waals surface area contributed by atoms with Crippen molar-refractivity contribution in [2.24, 2.45) is 0 Å². The zero-order chi connectivity index (χ0) is 13.0. The number of aromatic nitrogens is 2. The highest BCUT2D eigenvalue weighted by Crippen LogP contribution is 2.29. The first-order valence-corrected chi connectivity index (χ1v) is 6.77. The van der Waals surface area contributed by atoms with Gasteiger partial charge in [-0.3, -0.25) is 9.97 Å². The number of nitrogens with one attached hydrogen (secondary N) is 1. The third-order valence-electron chi connectivity index (χ3n) is 2.82. The molecule has 0 saturated carbocycles. The largest absolute Gasteiger partial charge is 0.305 e. The van der Waals surface area contributed by atoms with Gasteiger partial charge in [-0.15, -0.1) is 0 Å². The second-order valence-corrected chi connectivity index (χ2v) is 4.89. The lowest BCUT2D eigenvalue weighted by molar-refractivity contribution is 0.610. The van der Waals surface area contributed by atoms with E-state index >= 15 is 0 Å². The van der Waals surface area contributed by atoms with Gasteiger partial charge in [-0.25, -0.2) is 0 Å². The summed E-state index contributed by atoms with van der Waals surface area (Å²) in [5.41, 5.74) is 3.35. The molecule has 1 atom stereocenters. The van der Waals surface area contributed by atoms with E-state index in [4.69, 9.17) is 0 Å². The molecule has 0 radical (unpaired) electrons. The van der Waals surface area contributed by atoms with Crippen LogP contribution in [-0.2, 0) is 0 Å². The molecule has 0 aliphatic rings. The summed E-state index contributed by atoms with van der Waals surface area (Å²) in [7, 11) is 0. The number of rotatable bonds is 4. The third kappa shape index (κ3) is 2.76. The monoisotopic (exact) mass is 305 g/mol. The maximum Gasteiger partial charge on any atom is 0.0801 e. The molecule has 1 N–H and O–H groups in total. The van der Waals surface area contributed by atoms with Gasteiger partial charge in [0.25, 0.3) is 0 Å². The van der Waals surface area contributed by atoms with Crippen molar-refractivity contribution in [2.45, 2.75) is 19.9 Å². The first-order valence-electron chi connectivity index (χ1n) is 5.98. The van der Waals surface area contributed by atoms with E-state index in [2.05, 4.69) is 63.3 Å². The maximum absolute atomic E-state index is 4.40. The van der Waals surface area contributed by atoms with Crippen LogP contribution in [-0.4, -0.2) is 16.5 Å². The first-order chi connectivity index (χ1) is 8.74. The second kappa shape index (κ2) is 6.07. The van der Waals surface area contributed by atoms with Crippen LogP contribution in [0.5, 0.6) is 0 Å². The molecule has 0 fully saturated rings.